The Morgan fingerprint density at radius 1 is 1.22 bits per heavy atom. The van der Waals surface area contributed by atoms with Gasteiger partial charge in [0.25, 0.3) is 0 Å². The van der Waals surface area contributed by atoms with E-state index in [2.05, 4.69) is 30.4 Å². The summed E-state index contributed by atoms with van der Waals surface area (Å²) in [6.07, 6.45) is 0. The molecule has 0 fully saturated rings. The van der Waals surface area contributed by atoms with E-state index in [-0.39, 0.29) is 11.9 Å². The van der Waals surface area contributed by atoms with Crippen LogP contribution in [-0.2, 0) is 11.3 Å². The van der Waals surface area contributed by atoms with E-state index >= 15 is 0 Å². The summed E-state index contributed by atoms with van der Waals surface area (Å²) in [7, 11) is 1.92. The number of amides is 1. The number of hydrogen-bond acceptors (Lipinski definition) is 3. The van der Waals surface area contributed by atoms with E-state index in [1.165, 1.54) is 11.1 Å². The molecular weight excluding hydrogens is 286 g/mol. The summed E-state index contributed by atoms with van der Waals surface area (Å²) in [4.78, 5) is 14.4. The summed E-state index contributed by atoms with van der Waals surface area (Å²) in [6.45, 7) is 4.63. The van der Waals surface area contributed by atoms with Crippen LogP contribution in [0, 0.1) is 18.3 Å². The number of anilines is 1. The van der Waals surface area contributed by atoms with Gasteiger partial charge in [0.2, 0.25) is 5.91 Å². The maximum atomic E-state index is 12.4. The summed E-state index contributed by atoms with van der Waals surface area (Å²) in [5.74, 6) is -0.121. The van der Waals surface area contributed by atoms with Crippen LogP contribution in [0.1, 0.15) is 23.6 Å². The first-order chi connectivity index (χ1) is 11.0. The Labute approximate surface area is 137 Å². The maximum Gasteiger partial charge on any atom is 0.241 e. The fourth-order valence-electron chi connectivity index (χ4n) is 2.32. The third-order valence-electron chi connectivity index (χ3n) is 4.03. The van der Waals surface area contributed by atoms with Crippen molar-refractivity contribution in [3.63, 3.8) is 0 Å². The van der Waals surface area contributed by atoms with E-state index < -0.39 is 0 Å². The van der Waals surface area contributed by atoms with Crippen molar-refractivity contribution in [1.82, 2.24) is 4.90 Å². The van der Waals surface area contributed by atoms with Crippen LogP contribution in [0.3, 0.4) is 0 Å². The fourth-order valence-corrected chi connectivity index (χ4v) is 2.32. The molecular formula is C19H21N3O. The number of nitriles is 1. The number of likely N-dealkylation sites (N-methyl/N-ethyl adjacent to an activating group) is 1. The lowest BCUT2D eigenvalue weighted by Gasteiger charge is -2.24. The number of hydrogen-bond donors (Lipinski definition) is 1. The number of nitrogens with zero attached hydrogens (tertiary/aromatic N) is 2. The lowest BCUT2D eigenvalue weighted by atomic mass is 10.1. The molecule has 1 N–H and O–H groups in total. The molecule has 0 heterocycles. The number of carbonyl (C=O) groups is 1. The van der Waals surface area contributed by atoms with Crippen LogP contribution < -0.4 is 5.32 Å². The third-order valence-corrected chi connectivity index (χ3v) is 4.03. The fraction of sp³-hybridized carbons (Fsp3) is 0.263. The molecule has 23 heavy (non-hydrogen) atoms. The molecule has 0 saturated heterocycles. The van der Waals surface area contributed by atoms with Crippen molar-refractivity contribution >= 4 is 11.6 Å². The smallest absolute Gasteiger partial charge is 0.241 e. The molecule has 0 bridgehead atoms. The summed E-state index contributed by atoms with van der Waals surface area (Å²) in [6, 6.07) is 16.9. The van der Waals surface area contributed by atoms with Crippen molar-refractivity contribution in [3.8, 4) is 6.07 Å². The summed E-state index contributed by atoms with van der Waals surface area (Å²) in [5.41, 5.74) is 3.43. The number of para-hydroxylation sites is 1. The largest absolute Gasteiger partial charge is 0.324 e. The Balaban J connectivity index is 2.04. The molecule has 0 spiro atoms. The highest BCUT2D eigenvalue weighted by Crippen LogP contribution is 2.16. The molecule has 0 aliphatic carbocycles. The molecule has 1 atom stereocenters. The molecule has 4 heteroatoms. The van der Waals surface area contributed by atoms with Gasteiger partial charge in [0.15, 0.2) is 0 Å². The first kappa shape index (κ1) is 16.7. The number of carbonyl (C=O) groups excluding carboxylic acids is 1. The quantitative estimate of drug-likeness (QED) is 0.922. The van der Waals surface area contributed by atoms with Crippen LogP contribution in [0.4, 0.5) is 5.69 Å². The van der Waals surface area contributed by atoms with Crippen LogP contribution in [-0.4, -0.2) is 23.9 Å². The van der Waals surface area contributed by atoms with Crippen LogP contribution in [0.2, 0.25) is 0 Å². The second-order valence-electron chi connectivity index (χ2n) is 5.66. The highest BCUT2D eigenvalue weighted by Gasteiger charge is 2.19. The molecule has 2 rings (SSSR count). The molecule has 2 aromatic rings. The van der Waals surface area contributed by atoms with Crippen molar-refractivity contribution in [2.75, 3.05) is 12.4 Å². The minimum Gasteiger partial charge on any atom is -0.324 e. The highest BCUT2D eigenvalue weighted by molar-refractivity contribution is 5.95. The Bertz CT molecular complexity index is 733. The second-order valence-corrected chi connectivity index (χ2v) is 5.66. The first-order valence-corrected chi connectivity index (χ1v) is 7.57. The molecule has 4 nitrogen and oxygen atoms in total. The highest BCUT2D eigenvalue weighted by atomic mass is 16.2. The summed E-state index contributed by atoms with van der Waals surface area (Å²) in [5, 5.41) is 11.9. The van der Waals surface area contributed by atoms with E-state index in [0.29, 0.717) is 17.8 Å². The van der Waals surface area contributed by atoms with Gasteiger partial charge in [0.1, 0.15) is 6.07 Å². The molecule has 0 radical (unpaired) electrons. The first-order valence-electron chi connectivity index (χ1n) is 7.57. The zero-order valence-electron chi connectivity index (χ0n) is 13.7. The normalized spacial score (nSPS) is 11.8. The average Bonchev–Trinajstić information content (AvgIpc) is 2.56. The molecule has 1 amide bonds. The minimum atomic E-state index is -0.304. The van der Waals surface area contributed by atoms with Crippen molar-refractivity contribution < 1.29 is 4.79 Å². The number of benzene rings is 2. The molecule has 1 unspecified atom stereocenters. The van der Waals surface area contributed by atoms with Gasteiger partial charge >= 0.3 is 0 Å². The van der Waals surface area contributed by atoms with Gasteiger partial charge in [-0.2, -0.15) is 5.26 Å². The predicted molar refractivity (Wildman–Crippen MR) is 91.9 cm³/mol. The number of nitrogens with one attached hydrogen (secondary N) is 1. The van der Waals surface area contributed by atoms with Crippen molar-refractivity contribution in [1.29, 1.82) is 5.26 Å². The van der Waals surface area contributed by atoms with Gasteiger partial charge < -0.3 is 5.32 Å². The van der Waals surface area contributed by atoms with E-state index in [1.807, 2.05) is 31.0 Å². The van der Waals surface area contributed by atoms with Gasteiger partial charge in [-0.3, -0.25) is 9.69 Å². The van der Waals surface area contributed by atoms with E-state index in [9.17, 15) is 4.79 Å². The molecule has 0 saturated carbocycles. The number of rotatable bonds is 5. The molecule has 0 aromatic heterocycles. The van der Waals surface area contributed by atoms with Gasteiger partial charge in [-0.1, -0.05) is 36.4 Å². The Hall–Kier alpha value is -2.64. The van der Waals surface area contributed by atoms with Gasteiger partial charge in [-0.25, -0.2) is 0 Å². The standard InChI is InChI=1S/C19H21N3O/c1-14-8-4-5-10-17(14)13-22(3)15(2)19(23)21-18-11-7-6-9-16(18)12-20/h4-11,15H,13H2,1-3H3,(H,21,23). The third kappa shape index (κ3) is 4.18. The van der Waals surface area contributed by atoms with Gasteiger partial charge in [0.05, 0.1) is 17.3 Å². The van der Waals surface area contributed by atoms with E-state index in [4.69, 9.17) is 5.26 Å². The Kier molecular flexibility index (Phi) is 5.51. The zero-order chi connectivity index (χ0) is 16.8. The summed E-state index contributed by atoms with van der Waals surface area (Å²) >= 11 is 0. The van der Waals surface area contributed by atoms with E-state index in [1.54, 1.807) is 24.3 Å². The molecule has 118 valence electrons. The van der Waals surface area contributed by atoms with Crippen molar-refractivity contribution in [3.05, 3.63) is 65.2 Å². The molecule has 0 aliphatic rings. The monoisotopic (exact) mass is 307 g/mol. The predicted octanol–water partition coefficient (Wildman–Crippen LogP) is 3.33. The SMILES string of the molecule is Cc1ccccc1CN(C)C(C)C(=O)Nc1ccccc1C#N. The van der Waals surface area contributed by atoms with Crippen molar-refractivity contribution in [2.45, 2.75) is 26.4 Å². The Morgan fingerprint density at radius 2 is 1.87 bits per heavy atom. The van der Waals surface area contributed by atoms with Crippen LogP contribution in [0.15, 0.2) is 48.5 Å². The van der Waals surface area contributed by atoms with Gasteiger partial charge in [-0.15, -0.1) is 0 Å². The number of aryl methyl sites for hydroxylation is 1. The second kappa shape index (κ2) is 7.57. The van der Waals surface area contributed by atoms with Crippen molar-refractivity contribution in [2.24, 2.45) is 0 Å². The maximum absolute atomic E-state index is 12.4. The minimum absolute atomic E-state index is 0.121. The van der Waals surface area contributed by atoms with Crippen LogP contribution in [0.25, 0.3) is 0 Å². The summed E-state index contributed by atoms with van der Waals surface area (Å²) < 4.78 is 0. The average molecular weight is 307 g/mol. The Morgan fingerprint density at radius 3 is 2.57 bits per heavy atom. The molecule has 0 aliphatic heterocycles. The topological polar surface area (TPSA) is 56.1 Å². The van der Waals surface area contributed by atoms with Gasteiger partial charge in [0, 0.05) is 6.54 Å². The van der Waals surface area contributed by atoms with E-state index in [0.717, 1.165) is 0 Å². The zero-order valence-corrected chi connectivity index (χ0v) is 13.7. The molecule has 2 aromatic carbocycles. The lowest BCUT2D eigenvalue weighted by Crippen LogP contribution is -2.39. The van der Waals surface area contributed by atoms with Crippen LogP contribution >= 0.6 is 0 Å². The van der Waals surface area contributed by atoms with Crippen LogP contribution in [0.5, 0.6) is 0 Å². The lowest BCUT2D eigenvalue weighted by molar-refractivity contribution is -0.120. The van der Waals surface area contributed by atoms with Gasteiger partial charge in [-0.05, 0) is 44.2 Å².